The number of likely N-dealkylation sites (N-methyl/N-ethyl adjacent to an activating group) is 2. The van der Waals surface area contributed by atoms with Crippen molar-refractivity contribution in [1.82, 2.24) is 25.4 Å². The standard InChI is InChI=1S/C20H35N7/c1-16-6-5-7-19(23-16)27-10-8-17(9-11-27)24-20(21-2)22-14-18-15-25(3)12-13-26(18)4/h5-7,17-18H,8-15H2,1-4H3,(H2,21,22,24). The second-order valence-electron chi connectivity index (χ2n) is 7.89. The molecule has 2 saturated heterocycles. The zero-order valence-corrected chi connectivity index (χ0v) is 17.3. The molecule has 3 heterocycles. The van der Waals surface area contributed by atoms with Gasteiger partial charge < -0.3 is 20.4 Å². The lowest BCUT2D eigenvalue weighted by Gasteiger charge is -2.38. The average Bonchev–Trinajstić information content (AvgIpc) is 2.68. The fourth-order valence-electron chi connectivity index (χ4n) is 3.88. The molecule has 7 heteroatoms. The number of aryl methyl sites for hydroxylation is 1. The fraction of sp³-hybridized carbons (Fsp3) is 0.700. The number of aliphatic imine (C=N–C) groups is 1. The minimum atomic E-state index is 0.462. The monoisotopic (exact) mass is 373 g/mol. The molecule has 1 atom stereocenters. The minimum Gasteiger partial charge on any atom is -0.356 e. The van der Waals surface area contributed by atoms with Crippen LogP contribution in [0.2, 0.25) is 0 Å². The van der Waals surface area contributed by atoms with E-state index in [4.69, 9.17) is 0 Å². The second kappa shape index (κ2) is 9.37. The van der Waals surface area contributed by atoms with Crippen LogP contribution in [0.15, 0.2) is 23.2 Å². The molecule has 27 heavy (non-hydrogen) atoms. The first-order valence-corrected chi connectivity index (χ1v) is 10.1. The third-order valence-electron chi connectivity index (χ3n) is 5.74. The van der Waals surface area contributed by atoms with Gasteiger partial charge >= 0.3 is 0 Å². The van der Waals surface area contributed by atoms with E-state index >= 15 is 0 Å². The first kappa shape index (κ1) is 19.9. The Labute approximate surface area is 163 Å². The summed E-state index contributed by atoms with van der Waals surface area (Å²) in [5, 5.41) is 7.15. The van der Waals surface area contributed by atoms with E-state index < -0.39 is 0 Å². The third-order valence-corrected chi connectivity index (χ3v) is 5.74. The highest BCUT2D eigenvalue weighted by atomic mass is 15.3. The Morgan fingerprint density at radius 1 is 1.19 bits per heavy atom. The Morgan fingerprint density at radius 3 is 2.67 bits per heavy atom. The maximum atomic E-state index is 4.65. The van der Waals surface area contributed by atoms with Crippen molar-refractivity contribution in [3.8, 4) is 0 Å². The number of nitrogens with one attached hydrogen (secondary N) is 2. The lowest BCUT2D eigenvalue weighted by Crippen LogP contribution is -2.56. The smallest absolute Gasteiger partial charge is 0.191 e. The van der Waals surface area contributed by atoms with Gasteiger partial charge in [-0.1, -0.05) is 6.07 Å². The van der Waals surface area contributed by atoms with Crippen LogP contribution >= 0.6 is 0 Å². The van der Waals surface area contributed by atoms with Crippen LogP contribution in [0.25, 0.3) is 0 Å². The third kappa shape index (κ3) is 5.56. The first-order valence-electron chi connectivity index (χ1n) is 10.1. The quantitative estimate of drug-likeness (QED) is 0.601. The van der Waals surface area contributed by atoms with Crippen molar-refractivity contribution in [3.05, 3.63) is 23.9 Å². The Kier molecular flexibility index (Phi) is 6.90. The highest BCUT2D eigenvalue weighted by Gasteiger charge is 2.24. The van der Waals surface area contributed by atoms with Gasteiger partial charge in [-0.05, 0) is 46.0 Å². The van der Waals surface area contributed by atoms with Crippen molar-refractivity contribution in [2.45, 2.75) is 31.8 Å². The van der Waals surface area contributed by atoms with Gasteiger partial charge in [0, 0.05) is 64.1 Å². The molecule has 0 aliphatic carbocycles. The molecule has 2 aliphatic heterocycles. The molecule has 0 amide bonds. The number of hydrogen-bond donors (Lipinski definition) is 2. The number of pyridine rings is 1. The van der Waals surface area contributed by atoms with Crippen LogP contribution in [0.3, 0.4) is 0 Å². The van der Waals surface area contributed by atoms with E-state index in [-0.39, 0.29) is 0 Å². The largest absolute Gasteiger partial charge is 0.356 e. The maximum absolute atomic E-state index is 4.65. The summed E-state index contributed by atoms with van der Waals surface area (Å²) in [5.74, 6) is 2.02. The number of anilines is 1. The lowest BCUT2D eigenvalue weighted by molar-refractivity contribution is 0.116. The first-order chi connectivity index (χ1) is 13.0. The number of hydrogen-bond acceptors (Lipinski definition) is 5. The Hall–Kier alpha value is -1.86. The molecule has 0 saturated carbocycles. The van der Waals surface area contributed by atoms with Gasteiger partial charge in [-0.2, -0.15) is 0 Å². The molecular weight excluding hydrogens is 338 g/mol. The number of aromatic nitrogens is 1. The maximum Gasteiger partial charge on any atom is 0.191 e. The number of guanidine groups is 1. The van der Waals surface area contributed by atoms with Crippen LogP contribution in [0.1, 0.15) is 18.5 Å². The molecule has 2 N–H and O–H groups in total. The van der Waals surface area contributed by atoms with E-state index in [1.807, 2.05) is 7.05 Å². The molecule has 0 spiro atoms. The van der Waals surface area contributed by atoms with Gasteiger partial charge in [0.25, 0.3) is 0 Å². The second-order valence-corrected chi connectivity index (χ2v) is 7.89. The zero-order valence-electron chi connectivity index (χ0n) is 17.3. The fourth-order valence-corrected chi connectivity index (χ4v) is 3.88. The van der Waals surface area contributed by atoms with Gasteiger partial charge in [-0.15, -0.1) is 0 Å². The average molecular weight is 374 g/mol. The summed E-state index contributed by atoms with van der Waals surface area (Å²) >= 11 is 0. The van der Waals surface area contributed by atoms with Crippen molar-refractivity contribution in [2.24, 2.45) is 4.99 Å². The number of piperazine rings is 1. The molecule has 150 valence electrons. The van der Waals surface area contributed by atoms with Crippen molar-refractivity contribution in [2.75, 3.05) is 65.3 Å². The number of rotatable bonds is 4. The summed E-state index contributed by atoms with van der Waals surface area (Å²) in [6.07, 6.45) is 2.20. The summed E-state index contributed by atoms with van der Waals surface area (Å²) in [4.78, 5) is 16.3. The van der Waals surface area contributed by atoms with Gasteiger partial charge in [0.15, 0.2) is 5.96 Å². The topological polar surface area (TPSA) is 59.0 Å². The molecule has 0 radical (unpaired) electrons. The lowest BCUT2D eigenvalue weighted by atomic mass is 10.1. The normalized spacial score (nSPS) is 23.5. The molecule has 1 unspecified atom stereocenters. The van der Waals surface area contributed by atoms with Crippen LogP contribution in [0.4, 0.5) is 5.82 Å². The van der Waals surface area contributed by atoms with E-state index in [1.165, 1.54) is 0 Å². The predicted octanol–water partition coefficient (Wildman–Crippen LogP) is 0.770. The van der Waals surface area contributed by atoms with Gasteiger partial charge in [0.1, 0.15) is 5.82 Å². The molecule has 1 aromatic rings. The van der Waals surface area contributed by atoms with Crippen LogP contribution in [-0.4, -0.2) is 93.2 Å². The summed E-state index contributed by atoms with van der Waals surface area (Å²) < 4.78 is 0. The number of piperidine rings is 1. The van der Waals surface area contributed by atoms with E-state index in [1.54, 1.807) is 0 Å². The van der Waals surface area contributed by atoms with E-state index in [0.717, 1.165) is 69.6 Å². The minimum absolute atomic E-state index is 0.462. The van der Waals surface area contributed by atoms with Crippen molar-refractivity contribution >= 4 is 11.8 Å². The predicted molar refractivity (Wildman–Crippen MR) is 113 cm³/mol. The van der Waals surface area contributed by atoms with Crippen LogP contribution in [0, 0.1) is 6.92 Å². The summed E-state index contributed by atoms with van der Waals surface area (Å²) in [7, 11) is 6.27. The van der Waals surface area contributed by atoms with Gasteiger partial charge in [0.2, 0.25) is 0 Å². The Balaban J connectivity index is 1.44. The molecule has 0 aromatic carbocycles. The summed E-state index contributed by atoms with van der Waals surface area (Å²) in [5.41, 5.74) is 1.08. The van der Waals surface area contributed by atoms with E-state index in [9.17, 15) is 0 Å². The molecule has 3 rings (SSSR count). The van der Waals surface area contributed by atoms with Crippen molar-refractivity contribution < 1.29 is 0 Å². The van der Waals surface area contributed by atoms with E-state index in [2.05, 4.69) is 74.5 Å². The molecule has 1 aromatic heterocycles. The van der Waals surface area contributed by atoms with Crippen molar-refractivity contribution in [1.29, 1.82) is 0 Å². The molecule has 7 nitrogen and oxygen atoms in total. The summed E-state index contributed by atoms with van der Waals surface area (Å²) in [6.45, 7) is 8.40. The molecule has 0 bridgehead atoms. The van der Waals surface area contributed by atoms with Crippen LogP contribution < -0.4 is 15.5 Å². The molecule has 2 fully saturated rings. The van der Waals surface area contributed by atoms with Crippen LogP contribution in [-0.2, 0) is 0 Å². The highest BCUT2D eigenvalue weighted by Crippen LogP contribution is 2.18. The van der Waals surface area contributed by atoms with Gasteiger partial charge in [0.05, 0.1) is 0 Å². The van der Waals surface area contributed by atoms with Crippen molar-refractivity contribution in [3.63, 3.8) is 0 Å². The van der Waals surface area contributed by atoms with Gasteiger partial charge in [-0.25, -0.2) is 4.98 Å². The highest BCUT2D eigenvalue weighted by molar-refractivity contribution is 5.80. The SMILES string of the molecule is CN=C(NCC1CN(C)CCN1C)NC1CCN(c2cccc(C)n2)CC1. The van der Waals surface area contributed by atoms with Gasteiger partial charge in [-0.3, -0.25) is 9.89 Å². The number of nitrogens with zero attached hydrogens (tertiary/aromatic N) is 5. The summed E-state index contributed by atoms with van der Waals surface area (Å²) in [6, 6.07) is 7.24. The Morgan fingerprint density at radius 2 is 1.96 bits per heavy atom. The molecule has 2 aliphatic rings. The van der Waals surface area contributed by atoms with E-state index in [0.29, 0.717) is 12.1 Å². The molecular formula is C20H35N7. The Bertz CT molecular complexity index is 625. The van der Waals surface area contributed by atoms with Crippen LogP contribution in [0.5, 0.6) is 0 Å². The zero-order chi connectivity index (χ0) is 19.2.